The molecule has 2 amide bonds. The largest absolute Gasteiger partial charge is 0.489 e. The van der Waals surface area contributed by atoms with Crippen molar-refractivity contribution in [1.29, 1.82) is 0 Å². The van der Waals surface area contributed by atoms with Gasteiger partial charge in [0.15, 0.2) is 0 Å². The summed E-state index contributed by atoms with van der Waals surface area (Å²) in [5, 5.41) is 5.49. The van der Waals surface area contributed by atoms with Gasteiger partial charge >= 0.3 is 0 Å². The quantitative estimate of drug-likeness (QED) is 0.724. The van der Waals surface area contributed by atoms with Crippen LogP contribution in [0.5, 0.6) is 5.75 Å². The molecule has 0 atom stereocenters. The summed E-state index contributed by atoms with van der Waals surface area (Å²) < 4.78 is 5.67. The molecule has 2 rings (SSSR count). The molecular formula is C22H28N2O3. The van der Waals surface area contributed by atoms with E-state index in [9.17, 15) is 9.59 Å². The fourth-order valence-electron chi connectivity index (χ4n) is 2.53. The van der Waals surface area contributed by atoms with Gasteiger partial charge in [0.1, 0.15) is 12.2 Å². The van der Waals surface area contributed by atoms with Gasteiger partial charge in [0, 0.05) is 5.69 Å². The molecule has 144 valence electrons. The van der Waals surface area contributed by atoms with E-state index in [4.69, 9.17) is 4.74 Å². The van der Waals surface area contributed by atoms with E-state index in [0.717, 1.165) is 0 Å². The summed E-state index contributed by atoms with van der Waals surface area (Å²) in [6.07, 6.45) is -0.278. The van der Waals surface area contributed by atoms with Gasteiger partial charge in [-0.05, 0) is 49.1 Å². The van der Waals surface area contributed by atoms with E-state index < -0.39 is 5.91 Å². The van der Waals surface area contributed by atoms with Crippen LogP contribution in [0.25, 0.3) is 0 Å². The van der Waals surface area contributed by atoms with Gasteiger partial charge < -0.3 is 15.4 Å². The van der Waals surface area contributed by atoms with E-state index in [2.05, 4.69) is 31.4 Å². The smallest absolute Gasteiger partial charge is 0.233 e. The minimum atomic E-state index is -0.390. The molecule has 2 aromatic carbocycles. The molecule has 0 bridgehead atoms. The Morgan fingerprint density at radius 2 is 1.52 bits per heavy atom. The van der Waals surface area contributed by atoms with Gasteiger partial charge in [-0.2, -0.15) is 0 Å². The molecule has 5 nitrogen and oxygen atoms in total. The minimum Gasteiger partial charge on any atom is -0.489 e. The zero-order valence-corrected chi connectivity index (χ0v) is 16.6. The molecule has 0 aromatic heterocycles. The molecule has 0 spiro atoms. The highest BCUT2D eigenvalue weighted by molar-refractivity contribution is 6.08. The fraction of sp³-hybridized carbons (Fsp3) is 0.364. The second-order valence-electron chi connectivity index (χ2n) is 7.76. The Kier molecular flexibility index (Phi) is 6.61. The van der Waals surface area contributed by atoms with Crippen LogP contribution >= 0.6 is 0 Å². The lowest BCUT2D eigenvalue weighted by atomic mass is 9.87. The summed E-state index contributed by atoms with van der Waals surface area (Å²) in [4.78, 5) is 24.4. The topological polar surface area (TPSA) is 67.4 Å². The highest BCUT2D eigenvalue weighted by Crippen LogP contribution is 2.25. The van der Waals surface area contributed by atoms with E-state index >= 15 is 0 Å². The first kappa shape index (κ1) is 20.5. The molecule has 27 heavy (non-hydrogen) atoms. The maximum absolute atomic E-state index is 12.2. The van der Waals surface area contributed by atoms with Crippen molar-refractivity contribution in [3.05, 3.63) is 54.1 Å². The predicted molar refractivity (Wildman–Crippen MR) is 109 cm³/mol. The van der Waals surface area contributed by atoms with Crippen molar-refractivity contribution >= 4 is 23.2 Å². The van der Waals surface area contributed by atoms with Gasteiger partial charge in [0.2, 0.25) is 11.8 Å². The second-order valence-corrected chi connectivity index (χ2v) is 7.76. The van der Waals surface area contributed by atoms with Gasteiger partial charge in [-0.25, -0.2) is 0 Å². The number of hydrogen-bond acceptors (Lipinski definition) is 3. The number of rotatable bonds is 6. The fourth-order valence-corrected chi connectivity index (χ4v) is 2.53. The molecule has 0 saturated carbocycles. The van der Waals surface area contributed by atoms with Crippen LogP contribution in [0.15, 0.2) is 48.5 Å². The Labute approximate surface area is 161 Å². The van der Waals surface area contributed by atoms with Crippen molar-refractivity contribution < 1.29 is 14.3 Å². The standard InChI is InChI=1S/C22H28N2O3/c1-15(2)27-19-9-7-6-8-18(19)24-21(26)14-20(25)23-17-12-10-16(11-13-17)22(3,4)5/h6-13,15H,14H2,1-5H3,(H,23,25)(H,24,26). The highest BCUT2D eigenvalue weighted by Gasteiger charge is 2.15. The molecule has 0 aliphatic carbocycles. The monoisotopic (exact) mass is 368 g/mol. The van der Waals surface area contributed by atoms with Gasteiger partial charge in [0.25, 0.3) is 0 Å². The highest BCUT2D eigenvalue weighted by atomic mass is 16.5. The van der Waals surface area contributed by atoms with Crippen LogP contribution in [0.4, 0.5) is 11.4 Å². The minimum absolute atomic E-state index is 0.0116. The summed E-state index contributed by atoms with van der Waals surface area (Å²) in [6, 6.07) is 14.8. The molecule has 0 fully saturated rings. The maximum atomic E-state index is 12.2. The Hall–Kier alpha value is -2.82. The van der Waals surface area contributed by atoms with E-state index in [1.54, 1.807) is 18.2 Å². The van der Waals surface area contributed by atoms with Crippen LogP contribution in [-0.2, 0) is 15.0 Å². The lowest BCUT2D eigenvalue weighted by Gasteiger charge is -2.19. The third kappa shape index (κ3) is 6.44. The molecule has 0 unspecified atom stereocenters. The number of ether oxygens (including phenoxy) is 1. The zero-order valence-electron chi connectivity index (χ0n) is 16.6. The first-order valence-electron chi connectivity index (χ1n) is 9.11. The Morgan fingerprint density at radius 1 is 0.926 bits per heavy atom. The molecular weight excluding hydrogens is 340 g/mol. The third-order valence-corrected chi connectivity index (χ3v) is 3.88. The van der Waals surface area contributed by atoms with E-state index in [0.29, 0.717) is 17.1 Å². The summed E-state index contributed by atoms with van der Waals surface area (Å²) in [7, 11) is 0. The molecule has 0 heterocycles. The molecule has 2 N–H and O–H groups in total. The summed E-state index contributed by atoms with van der Waals surface area (Å²) >= 11 is 0. The van der Waals surface area contributed by atoms with Crippen LogP contribution < -0.4 is 15.4 Å². The zero-order chi connectivity index (χ0) is 20.0. The van der Waals surface area contributed by atoms with E-state index in [1.807, 2.05) is 44.2 Å². The molecule has 2 aromatic rings. The van der Waals surface area contributed by atoms with Crippen LogP contribution in [0.1, 0.15) is 46.6 Å². The van der Waals surface area contributed by atoms with Crippen molar-refractivity contribution in [2.24, 2.45) is 0 Å². The van der Waals surface area contributed by atoms with Crippen LogP contribution in [-0.4, -0.2) is 17.9 Å². The summed E-state index contributed by atoms with van der Waals surface area (Å²) in [5.74, 6) is -0.170. The van der Waals surface area contributed by atoms with Crippen LogP contribution in [0.2, 0.25) is 0 Å². The first-order valence-corrected chi connectivity index (χ1v) is 9.11. The van der Waals surface area contributed by atoms with E-state index in [-0.39, 0.29) is 23.8 Å². The van der Waals surface area contributed by atoms with Crippen LogP contribution in [0.3, 0.4) is 0 Å². The number of amides is 2. The molecule has 0 saturated heterocycles. The summed E-state index contributed by atoms with van der Waals surface area (Å²) in [5.41, 5.74) is 2.45. The number of para-hydroxylation sites is 2. The molecule has 5 heteroatoms. The van der Waals surface area contributed by atoms with Crippen molar-refractivity contribution in [3.8, 4) is 5.75 Å². The number of carbonyl (C=O) groups is 2. The summed E-state index contributed by atoms with van der Waals surface area (Å²) in [6.45, 7) is 10.2. The first-order chi connectivity index (χ1) is 12.6. The lowest BCUT2D eigenvalue weighted by molar-refractivity contribution is -0.123. The number of benzene rings is 2. The number of anilines is 2. The Bertz CT molecular complexity index is 790. The second kappa shape index (κ2) is 8.71. The Balaban J connectivity index is 1.94. The predicted octanol–water partition coefficient (Wildman–Crippen LogP) is 4.74. The molecule has 0 aliphatic heterocycles. The molecule has 0 aliphatic rings. The average molecular weight is 368 g/mol. The maximum Gasteiger partial charge on any atom is 0.233 e. The number of carbonyl (C=O) groups excluding carboxylic acids is 2. The van der Waals surface area contributed by atoms with Crippen molar-refractivity contribution in [2.75, 3.05) is 10.6 Å². The normalized spacial score (nSPS) is 11.2. The van der Waals surface area contributed by atoms with E-state index in [1.165, 1.54) is 5.56 Å². The third-order valence-electron chi connectivity index (χ3n) is 3.88. The van der Waals surface area contributed by atoms with Crippen LogP contribution in [0, 0.1) is 0 Å². The van der Waals surface area contributed by atoms with Crippen molar-refractivity contribution in [2.45, 2.75) is 52.6 Å². The van der Waals surface area contributed by atoms with Crippen molar-refractivity contribution in [1.82, 2.24) is 0 Å². The van der Waals surface area contributed by atoms with Gasteiger partial charge in [-0.15, -0.1) is 0 Å². The Morgan fingerprint density at radius 3 is 2.11 bits per heavy atom. The SMILES string of the molecule is CC(C)Oc1ccccc1NC(=O)CC(=O)Nc1ccc(C(C)(C)C)cc1. The van der Waals surface area contributed by atoms with Gasteiger partial charge in [-0.1, -0.05) is 45.0 Å². The molecule has 0 radical (unpaired) electrons. The number of nitrogens with one attached hydrogen (secondary N) is 2. The van der Waals surface area contributed by atoms with Gasteiger partial charge in [-0.3, -0.25) is 9.59 Å². The van der Waals surface area contributed by atoms with Gasteiger partial charge in [0.05, 0.1) is 11.8 Å². The lowest BCUT2D eigenvalue weighted by Crippen LogP contribution is -2.22. The van der Waals surface area contributed by atoms with Crippen molar-refractivity contribution in [3.63, 3.8) is 0 Å². The number of hydrogen-bond donors (Lipinski definition) is 2. The average Bonchev–Trinajstić information content (AvgIpc) is 2.55.